The van der Waals surface area contributed by atoms with Crippen molar-refractivity contribution in [3.63, 3.8) is 0 Å². The Morgan fingerprint density at radius 2 is 1.67 bits per heavy atom. The number of halogens is 1. The first-order valence-corrected chi connectivity index (χ1v) is 4.29. The van der Waals surface area contributed by atoms with Crippen molar-refractivity contribution in [1.82, 2.24) is 0 Å². The van der Waals surface area contributed by atoms with Crippen molar-refractivity contribution in [1.29, 1.82) is 0 Å². The van der Waals surface area contributed by atoms with Crippen molar-refractivity contribution in [2.24, 2.45) is 0 Å². The molecule has 0 amide bonds. The smallest absolute Gasteiger partial charge is 0.207 e. The van der Waals surface area contributed by atoms with Crippen LogP contribution in [0, 0.1) is 5.82 Å². The van der Waals surface area contributed by atoms with Gasteiger partial charge in [-0.2, -0.15) is 8.42 Å². The SMILES string of the molecule is [O]OS(=O)(=O)c1ccc(F)cc1. The molecule has 0 spiro atoms. The van der Waals surface area contributed by atoms with Crippen molar-refractivity contribution >= 4 is 10.1 Å². The molecule has 65 valence electrons. The third-order valence-electron chi connectivity index (χ3n) is 1.19. The maximum Gasteiger partial charge on any atom is 0.325 e. The van der Waals surface area contributed by atoms with Gasteiger partial charge in [0.25, 0.3) is 0 Å². The van der Waals surface area contributed by atoms with Crippen molar-refractivity contribution in [3.8, 4) is 0 Å². The van der Waals surface area contributed by atoms with E-state index in [2.05, 4.69) is 4.33 Å². The molecule has 0 aliphatic heterocycles. The Kier molecular flexibility index (Phi) is 2.41. The fraction of sp³-hybridized carbons (Fsp3) is 0. The Labute approximate surface area is 68.3 Å². The maximum atomic E-state index is 12.3. The molecule has 0 heterocycles. The minimum atomic E-state index is -4.24. The van der Waals surface area contributed by atoms with Gasteiger partial charge in [-0.1, -0.05) is 4.33 Å². The van der Waals surface area contributed by atoms with Crippen LogP contribution in [0.3, 0.4) is 0 Å². The number of hydrogen-bond donors (Lipinski definition) is 0. The van der Waals surface area contributed by atoms with Crippen LogP contribution in [-0.2, 0) is 19.7 Å². The lowest BCUT2D eigenvalue weighted by Crippen LogP contribution is -2.01. The normalized spacial score (nSPS) is 11.5. The van der Waals surface area contributed by atoms with E-state index in [0.29, 0.717) is 0 Å². The molecule has 1 aromatic carbocycles. The summed E-state index contributed by atoms with van der Waals surface area (Å²) in [6.45, 7) is 0. The zero-order chi connectivity index (χ0) is 9.19. The van der Waals surface area contributed by atoms with Gasteiger partial charge in [-0.15, -0.1) is 0 Å². The van der Waals surface area contributed by atoms with Crippen LogP contribution in [0.5, 0.6) is 0 Å². The van der Waals surface area contributed by atoms with E-state index in [0.717, 1.165) is 24.3 Å². The highest BCUT2D eigenvalue weighted by Crippen LogP contribution is 2.11. The summed E-state index contributed by atoms with van der Waals surface area (Å²) in [6.07, 6.45) is 0. The Bertz CT molecular complexity index is 356. The van der Waals surface area contributed by atoms with Crippen LogP contribution in [-0.4, -0.2) is 8.42 Å². The van der Waals surface area contributed by atoms with Gasteiger partial charge in [0.2, 0.25) is 0 Å². The van der Waals surface area contributed by atoms with E-state index >= 15 is 0 Å². The molecule has 0 N–H and O–H groups in total. The van der Waals surface area contributed by atoms with Crippen LogP contribution < -0.4 is 0 Å². The molecule has 0 saturated heterocycles. The second kappa shape index (κ2) is 3.18. The molecule has 4 nitrogen and oxygen atoms in total. The highest BCUT2D eigenvalue weighted by molar-refractivity contribution is 7.86. The summed E-state index contributed by atoms with van der Waals surface area (Å²) in [4.78, 5) is -0.362. The zero-order valence-corrected chi connectivity index (χ0v) is 6.55. The predicted octanol–water partition coefficient (Wildman–Crippen LogP) is 0.877. The fourth-order valence-corrected chi connectivity index (χ4v) is 1.19. The Morgan fingerprint density at radius 3 is 2.08 bits per heavy atom. The van der Waals surface area contributed by atoms with E-state index in [9.17, 15) is 18.1 Å². The van der Waals surface area contributed by atoms with E-state index in [4.69, 9.17) is 0 Å². The number of rotatable bonds is 2. The van der Waals surface area contributed by atoms with Crippen LogP contribution in [0.2, 0.25) is 0 Å². The largest absolute Gasteiger partial charge is 0.325 e. The number of hydrogen-bond acceptors (Lipinski definition) is 3. The van der Waals surface area contributed by atoms with Gasteiger partial charge < -0.3 is 0 Å². The molecule has 0 aliphatic rings. The van der Waals surface area contributed by atoms with E-state index in [1.165, 1.54) is 0 Å². The van der Waals surface area contributed by atoms with Crippen LogP contribution >= 0.6 is 0 Å². The lowest BCUT2D eigenvalue weighted by atomic mass is 10.4. The molecule has 1 radical (unpaired) electrons. The van der Waals surface area contributed by atoms with Gasteiger partial charge >= 0.3 is 10.1 Å². The van der Waals surface area contributed by atoms with Crippen molar-refractivity contribution in [3.05, 3.63) is 30.1 Å². The number of benzene rings is 1. The van der Waals surface area contributed by atoms with E-state index in [-0.39, 0.29) is 4.90 Å². The van der Waals surface area contributed by atoms with Crippen LogP contribution in [0.1, 0.15) is 0 Å². The van der Waals surface area contributed by atoms with Crippen LogP contribution in [0.4, 0.5) is 4.39 Å². The molecule has 12 heavy (non-hydrogen) atoms. The third kappa shape index (κ3) is 1.79. The summed E-state index contributed by atoms with van der Waals surface area (Å²) >= 11 is 0. The van der Waals surface area contributed by atoms with E-state index in [1.54, 1.807) is 0 Å². The van der Waals surface area contributed by atoms with Gasteiger partial charge in [0, 0.05) is 0 Å². The van der Waals surface area contributed by atoms with Crippen LogP contribution in [0.15, 0.2) is 29.2 Å². The van der Waals surface area contributed by atoms with Gasteiger partial charge in [0.05, 0.1) is 4.90 Å². The first kappa shape index (κ1) is 9.11. The molecule has 6 heteroatoms. The first-order chi connectivity index (χ1) is 5.56. The Balaban J connectivity index is 3.14. The topological polar surface area (TPSA) is 63.3 Å². The molecule has 0 bridgehead atoms. The van der Waals surface area contributed by atoms with E-state index in [1.807, 2.05) is 0 Å². The summed E-state index contributed by atoms with van der Waals surface area (Å²) in [5.41, 5.74) is 0. The highest BCUT2D eigenvalue weighted by atomic mass is 32.2. The second-order valence-corrected chi connectivity index (χ2v) is 3.49. The molecule has 0 aromatic heterocycles. The average molecular weight is 191 g/mol. The molecule has 0 atom stereocenters. The molecular formula is C6H4FO4S. The van der Waals surface area contributed by atoms with Crippen molar-refractivity contribution in [2.45, 2.75) is 4.90 Å². The van der Waals surface area contributed by atoms with Crippen LogP contribution in [0.25, 0.3) is 0 Å². The average Bonchev–Trinajstić information content (AvgIpc) is 2.05. The highest BCUT2D eigenvalue weighted by Gasteiger charge is 2.14. The molecule has 1 aromatic rings. The van der Waals surface area contributed by atoms with Gasteiger partial charge in [0.1, 0.15) is 5.82 Å². The first-order valence-electron chi connectivity index (χ1n) is 2.88. The standard InChI is InChI=1S/C6H4FO4S/c7-5-1-3-6(4-2-5)12(9,10)11-8/h1-4H. The minimum Gasteiger partial charge on any atom is -0.207 e. The summed E-state index contributed by atoms with van der Waals surface area (Å²) in [5, 5.41) is 9.66. The third-order valence-corrected chi connectivity index (χ3v) is 2.22. The Hall–Kier alpha value is -0.980. The molecular weight excluding hydrogens is 187 g/mol. The summed E-state index contributed by atoms with van der Waals surface area (Å²) in [5.74, 6) is -0.583. The van der Waals surface area contributed by atoms with Gasteiger partial charge in [-0.25, -0.2) is 4.39 Å². The summed E-state index contributed by atoms with van der Waals surface area (Å²) in [7, 11) is -4.24. The summed E-state index contributed by atoms with van der Waals surface area (Å²) in [6, 6.07) is 3.74. The van der Waals surface area contributed by atoms with Crippen molar-refractivity contribution < 1.29 is 22.4 Å². The quantitative estimate of drug-likeness (QED) is 0.514. The zero-order valence-electron chi connectivity index (χ0n) is 5.73. The molecule has 0 saturated carbocycles. The lowest BCUT2D eigenvalue weighted by Gasteiger charge is -1.96. The second-order valence-electron chi connectivity index (χ2n) is 1.98. The van der Waals surface area contributed by atoms with Crippen molar-refractivity contribution in [2.75, 3.05) is 0 Å². The van der Waals surface area contributed by atoms with Gasteiger partial charge in [-0.05, 0) is 29.5 Å². The minimum absolute atomic E-state index is 0.362. The maximum absolute atomic E-state index is 12.3. The molecule has 0 fully saturated rings. The van der Waals surface area contributed by atoms with Gasteiger partial charge in [-0.3, -0.25) is 0 Å². The Morgan fingerprint density at radius 1 is 1.17 bits per heavy atom. The predicted molar refractivity (Wildman–Crippen MR) is 35.4 cm³/mol. The van der Waals surface area contributed by atoms with Gasteiger partial charge in [0.15, 0.2) is 0 Å². The monoisotopic (exact) mass is 191 g/mol. The molecule has 1 rings (SSSR count). The fourth-order valence-electron chi connectivity index (χ4n) is 0.641. The lowest BCUT2D eigenvalue weighted by molar-refractivity contribution is -0.202. The molecule has 0 aliphatic carbocycles. The van der Waals surface area contributed by atoms with E-state index < -0.39 is 15.9 Å². The summed E-state index contributed by atoms with van der Waals surface area (Å²) < 4.78 is 36.5. The molecule has 0 unspecified atom stereocenters.